The molecule has 0 radical (unpaired) electrons. The van der Waals surface area contributed by atoms with Crippen molar-refractivity contribution in [1.29, 1.82) is 0 Å². The Kier molecular flexibility index (Phi) is 3.64. The highest BCUT2D eigenvalue weighted by Gasteiger charge is 2.19. The number of benzene rings is 1. The third kappa shape index (κ3) is 2.89. The zero-order valence-corrected chi connectivity index (χ0v) is 11.3. The summed E-state index contributed by atoms with van der Waals surface area (Å²) >= 11 is 0.737. The van der Waals surface area contributed by atoms with Gasteiger partial charge in [0, 0.05) is 11.4 Å². The Morgan fingerprint density at radius 3 is 2.55 bits per heavy atom. The van der Waals surface area contributed by atoms with Gasteiger partial charge in [-0.05, 0) is 18.2 Å². The van der Waals surface area contributed by atoms with Crippen molar-refractivity contribution in [2.75, 3.05) is 4.72 Å². The zero-order valence-electron chi connectivity index (χ0n) is 9.70. The van der Waals surface area contributed by atoms with Crippen LogP contribution in [0.1, 0.15) is 10.4 Å². The van der Waals surface area contributed by atoms with Gasteiger partial charge in [-0.1, -0.05) is 0 Å². The van der Waals surface area contributed by atoms with E-state index in [1.807, 2.05) is 0 Å². The fourth-order valence-electron chi connectivity index (χ4n) is 1.35. The number of phenols is 1. The molecule has 0 amide bonds. The summed E-state index contributed by atoms with van der Waals surface area (Å²) in [4.78, 5) is 10.7. The highest BCUT2D eigenvalue weighted by atomic mass is 32.2. The number of sulfonamides is 1. The standard InChI is InChI=1S/C11H8FNO5S2/c12-8-4-7(1-2-9(8)14)13-20(17,18)10-3-6(5-19-10)11(15)16/h1-5,13-14H,(H,15,16). The van der Waals surface area contributed by atoms with E-state index in [9.17, 15) is 17.6 Å². The molecule has 0 saturated heterocycles. The van der Waals surface area contributed by atoms with E-state index in [4.69, 9.17) is 10.2 Å². The lowest BCUT2D eigenvalue weighted by molar-refractivity contribution is 0.0697. The average molecular weight is 317 g/mol. The fraction of sp³-hybridized carbons (Fsp3) is 0. The van der Waals surface area contributed by atoms with Gasteiger partial charge in [0.15, 0.2) is 11.6 Å². The third-order valence-corrected chi connectivity index (χ3v) is 5.11. The smallest absolute Gasteiger partial charge is 0.336 e. The lowest BCUT2D eigenvalue weighted by atomic mass is 10.3. The summed E-state index contributed by atoms with van der Waals surface area (Å²) in [5.41, 5.74) is -0.224. The second kappa shape index (κ2) is 5.10. The second-order valence-electron chi connectivity index (χ2n) is 3.73. The van der Waals surface area contributed by atoms with Crippen molar-refractivity contribution < 1.29 is 27.8 Å². The van der Waals surface area contributed by atoms with E-state index in [1.165, 1.54) is 11.4 Å². The van der Waals surface area contributed by atoms with Crippen molar-refractivity contribution in [1.82, 2.24) is 0 Å². The SMILES string of the molecule is O=C(O)c1csc(S(=O)(=O)Nc2ccc(O)c(F)c2)c1. The van der Waals surface area contributed by atoms with Gasteiger partial charge >= 0.3 is 5.97 Å². The maximum atomic E-state index is 13.1. The number of carbonyl (C=O) groups is 1. The van der Waals surface area contributed by atoms with E-state index in [0.29, 0.717) is 0 Å². The van der Waals surface area contributed by atoms with Crippen LogP contribution in [0, 0.1) is 5.82 Å². The highest BCUT2D eigenvalue weighted by molar-refractivity contribution is 7.94. The van der Waals surface area contributed by atoms with E-state index >= 15 is 0 Å². The van der Waals surface area contributed by atoms with Gasteiger partial charge in [-0.2, -0.15) is 0 Å². The summed E-state index contributed by atoms with van der Waals surface area (Å²) in [5, 5.41) is 18.9. The van der Waals surface area contributed by atoms with Crippen molar-refractivity contribution >= 4 is 33.0 Å². The van der Waals surface area contributed by atoms with Gasteiger partial charge < -0.3 is 10.2 Å². The normalized spacial score (nSPS) is 11.2. The molecule has 0 saturated carbocycles. The molecule has 9 heteroatoms. The zero-order chi connectivity index (χ0) is 14.9. The number of phenolic OH excluding ortho intramolecular Hbond substituents is 1. The Hall–Kier alpha value is -2.13. The van der Waals surface area contributed by atoms with Gasteiger partial charge in [0.1, 0.15) is 4.21 Å². The maximum Gasteiger partial charge on any atom is 0.336 e. The van der Waals surface area contributed by atoms with Crippen molar-refractivity contribution in [2.45, 2.75) is 4.21 Å². The van der Waals surface area contributed by atoms with Crippen LogP contribution in [0.5, 0.6) is 5.75 Å². The van der Waals surface area contributed by atoms with Crippen LogP contribution in [0.3, 0.4) is 0 Å². The molecule has 6 nitrogen and oxygen atoms in total. The summed E-state index contributed by atoms with van der Waals surface area (Å²) in [5.74, 6) is -2.81. The molecule has 0 spiro atoms. The van der Waals surface area contributed by atoms with Gasteiger partial charge in [-0.25, -0.2) is 17.6 Å². The Morgan fingerprint density at radius 2 is 2.00 bits per heavy atom. The third-order valence-electron chi connectivity index (χ3n) is 2.29. The summed E-state index contributed by atoms with van der Waals surface area (Å²) in [7, 11) is -4.00. The number of nitrogens with one attached hydrogen (secondary N) is 1. The molecule has 0 unspecified atom stereocenters. The Balaban J connectivity index is 2.30. The molecule has 0 aliphatic carbocycles. The minimum absolute atomic E-state index is 0.0782. The Labute approximate surface area is 117 Å². The molecule has 0 atom stereocenters. The topological polar surface area (TPSA) is 104 Å². The number of thiophene rings is 1. The number of aromatic carboxylic acids is 1. The first-order valence-corrected chi connectivity index (χ1v) is 7.49. The maximum absolute atomic E-state index is 13.1. The largest absolute Gasteiger partial charge is 0.505 e. The van der Waals surface area contributed by atoms with Gasteiger partial charge in [-0.15, -0.1) is 11.3 Å². The molecule has 0 aliphatic rings. The van der Waals surface area contributed by atoms with Crippen LogP contribution in [-0.4, -0.2) is 24.6 Å². The average Bonchev–Trinajstić information content (AvgIpc) is 2.84. The lowest BCUT2D eigenvalue weighted by Gasteiger charge is -2.06. The number of carboxylic acids is 1. The Bertz CT molecular complexity index is 769. The van der Waals surface area contributed by atoms with Gasteiger partial charge in [-0.3, -0.25) is 4.72 Å². The van der Waals surface area contributed by atoms with Gasteiger partial charge in [0.05, 0.1) is 11.3 Å². The number of hydrogen-bond donors (Lipinski definition) is 3. The van der Waals surface area contributed by atoms with Crippen LogP contribution in [0.4, 0.5) is 10.1 Å². The molecule has 1 heterocycles. The minimum Gasteiger partial charge on any atom is -0.505 e. The highest BCUT2D eigenvalue weighted by Crippen LogP contribution is 2.25. The summed E-state index contributed by atoms with van der Waals surface area (Å²) in [6.45, 7) is 0. The predicted octanol–water partition coefficient (Wildman–Crippen LogP) is 2.09. The van der Waals surface area contributed by atoms with Crippen LogP contribution >= 0.6 is 11.3 Å². The van der Waals surface area contributed by atoms with Crippen LogP contribution in [-0.2, 0) is 10.0 Å². The number of carboxylic acid groups (broad SMARTS) is 1. The number of anilines is 1. The van der Waals surface area contributed by atoms with Crippen molar-refractivity contribution in [2.24, 2.45) is 0 Å². The summed E-state index contributed by atoms with van der Waals surface area (Å²) in [6, 6.07) is 4.01. The minimum atomic E-state index is -4.00. The monoisotopic (exact) mass is 317 g/mol. The molecule has 0 fully saturated rings. The number of hydrogen-bond acceptors (Lipinski definition) is 5. The number of rotatable bonds is 4. The molecule has 106 valence electrons. The van der Waals surface area contributed by atoms with E-state index in [1.54, 1.807) is 0 Å². The predicted molar refractivity (Wildman–Crippen MR) is 70.2 cm³/mol. The van der Waals surface area contributed by atoms with Crippen LogP contribution < -0.4 is 4.72 Å². The fourth-order valence-corrected chi connectivity index (χ4v) is 3.55. The first-order valence-electron chi connectivity index (χ1n) is 5.13. The van der Waals surface area contributed by atoms with Crippen molar-refractivity contribution in [3.63, 3.8) is 0 Å². The van der Waals surface area contributed by atoms with Gasteiger partial charge in [0.25, 0.3) is 10.0 Å². The van der Waals surface area contributed by atoms with E-state index < -0.39 is 27.6 Å². The quantitative estimate of drug-likeness (QED) is 0.749. The van der Waals surface area contributed by atoms with Crippen LogP contribution in [0.2, 0.25) is 0 Å². The molecule has 1 aromatic heterocycles. The molecule has 3 N–H and O–H groups in total. The lowest BCUT2D eigenvalue weighted by Crippen LogP contribution is -2.11. The summed E-state index contributed by atoms with van der Waals surface area (Å²) < 4.78 is 38.9. The van der Waals surface area contributed by atoms with Crippen LogP contribution in [0.25, 0.3) is 0 Å². The van der Waals surface area contributed by atoms with Crippen molar-refractivity contribution in [3.05, 3.63) is 41.0 Å². The van der Waals surface area contributed by atoms with Crippen LogP contribution in [0.15, 0.2) is 33.9 Å². The molecule has 0 aliphatic heterocycles. The van der Waals surface area contributed by atoms with Gasteiger partial charge in [0.2, 0.25) is 0 Å². The first kappa shape index (κ1) is 14.3. The van der Waals surface area contributed by atoms with E-state index in [2.05, 4.69) is 4.72 Å². The van der Waals surface area contributed by atoms with Crippen molar-refractivity contribution in [3.8, 4) is 5.75 Å². The van der Waals surface area contributed by atoms with E-state index in [-0.39, 0.29) is 15.5 Å². The summed E-state index contributed by atoms with van der Waals surface area (Å²) in [6.07, 6.45) is 0. The molecule has 2 rings (SSSR count). The molecule has 0 bridgehead atoms. The van der Waals surface area contributed by atoms with E-state index in [0.717, 1.165) is 29.5 Å². The Morgan fingerprint density at radius 1 is 1.30 bits per heavy atom. The molecule has 2 aromatic rings. The molecule has 1 aromatic carbocycles. The molecular formula is C11H8FNO5S2. The first-order chi connectivity index (χ1) is 9.29. The molecule has 20 heavy (non-hydrogen) atoms. The molecular weight excluding hydrogens is 309 g/mol. The number of aromatic hydroxyl groups is 1. The second-order valence-corrected chi connectivity index (χ2v) is 6.55. The number of halogens is 1.